The largest absolute Gasteiger partial charge is 0.280 e. The van der Waals surface area contributed by atoms with E-state index in [1.807, 2.05) is 4.72 Å². The normalized spacial score (nSPS) is 11.4. The number of sulfonamides is 1. The molecule has 78 valence electrons. The maximum Gasteiger partial charge on any atom is 0.232 e. The van der Waals surface area contributed by atoms with Crippen molar-refractivity contribution < 1.29 is 17.2 Å². The van der Waals surface area contributed by atoms with Crippen molar-refractivity contribution in [3.05, 3.63) is 29.8 Å². The van der Waals surface area contributed by atoms with Crippen LogP contribution >= 0.6 is 0 Å². The fraction of sp³-hybridized carbons (Fsp3) is 0.250. The van der Waals surface area contributed by atoms with Crippen molar-refractivity contribution in [2.24, 2.45) is 0 Å². The summed E-state index contributed by atoms with van der Waals surface area (Å²) in [6.45, 7) is 1.40. The quantitative estimate of drug-likeness (QED) is 0.844. The van der Waals surface area contributed by atoms with Crippen LogP contribution in [0.25, 0.3) is 0 Å². The Hall–Kier alpha value is -1.17. The molecule has 6 heteroatoms. The molecule has 0 spiro atoms. The van der Waals surface area contributed by atoms with Crippen LogP contribution in [0.4, 0.5) is 14.5 Å². The molecule has 0 amide bonds. The third-order valence-corrected chi connectivity index (χ3v) is 2.86. The Balaban J connectivity index is 3.03. The Labute approximate surface area is 80.8 Å². The van der Waals surface area contributed by atoms with Gasteiger partial charge in [0.1, 0.15) is 11.6 Å². The van der Waals surface area contributed by atoms with Crippen molar-refractivity contribution in [2.75, 3.05) is 10.5 Å². The number of rotatable bonds is 3. The van der Waals surface area contributed by atoms with Crippen LogP contribution in [0.3, 0.4) is 0 Å². The summed E-state index contributed by atoms with van der Waals surface area (Å²) in [5.41, 5.74) is -0.369. The number of benzene rings is 1. The minimum Gasteiger partial charge on any atom is -0.280 e. The summed E-state index contributed by atoms with van der Waals surface area (Å²) in [5, 5.41) is 0. The van der Waals surface area contributed by atoms with Gasteiger partial charge in [-0.3, -0.25) is 4.72 Å². The number of nitrogens with one attached hydrogen (secondary N) is 1. The van der Waals surface area contributed by atoms with Crippen LogP contribution in [0.5, 0.6) is 0 Å². The van der Waals surface area contributed by atoms with E-state index in [1.165, 1.54) is 6.92 Å². The third kappa shape index (κ3) is 2.66. The maximum atomic E-state index is 12.9. The summed E-state index contributed by atoms with van der Waals surface area (Å²) in [4.78, 5) is 0. The molecule has 0 aliphatic carbocycles. The molecule has 3 nitrogen and oxygen atoms in total. The average molecular weight is 221 g/mol. The Morgan fingerprint density at radius 3 is 2.57 bits per heavy atom. The summed E-state index contributed by atoms with van der Waals surface area (Å²) >= 11 is 0. The zero-order valence-electron chi connectivity index (χ0n) is 7.42. The van der Waals surface area contributed by atoms with Crippen LogP contribution in [0, 0.1) is 11.6 Å². The predicted octanol–water partition coefficient (Wildman–Crippen LogP) is 1.73. The van der Waals surface area contributed by atoms with Gasteiger partial charge in [0.15, 0.2) is 0 Å². The monoisotopic (exact) mass is 221 g/mol. The molecule has 0 fully saturated rings. The second kappa shape index (κ2) is 3.91. The van der Waals surface area contributed by atoms with Gasteiger partial charge in [0.25, 0.3) is 0 Å². The lowest BCUT2D eigenvalue weighted by Gasteiger charge is -2.06. The minimum atomic E-state index is -3.57. The number of hydrogen-bond acceptors (Lipinski definition) is 2. The Morgan fingerprint density at radius 2 is 2.00 bits per heavy atom. The molecule has 0 saturated heterocycles. The van der Waals surface area contributed by atoms with Gasteiger partial charge in [0.2, 0.25) is 10.0 Å². The molecule has 0 heterocycles. The summed E-state index contributed by atoms with van der Waals surface area (Å²) in [5.74, 6) is -1.69. The SMILES string of the molecule is CCS(=O)(=O)Nc1cc(F)ccc1F. The lowest BCUT2D eigenvalue weighted by atomic mass is 10.3. The van der Waals surface area contributed by atoms with E-state index in [1.54, 1.807) is 0 Å². The fourth-order valence-electron chi connectivity index (χ4n) is 0.815. The highest BCUT2D eigenvalue weighted by Crippen LogP contribution is 2.16. The lowest BCUT2D eigenvalue weighted by molar-refractivity contribution is 0.595. The van der Waals surface area contributed by atoms with Crippen LogP contribution in [0.1, 0.15) is 6.92 Å². The van der Waals surface area contributed by atoms with E-state index < -0.39 is 21.7 Å². The highest BCUT2D eigenvalue weighted by molar-refractivity contribution is 7.92. The Morgan fingerprint density at radius 1 is 1.36 bits per heavy atom. The van der Waals surface area contributed by atoms with Crippen molar-refractivity contribution in [1.82, 2.24) is 0 Å². The summed E-state index contributed by atoms with van der Waals surface area (Å²) < 4.78 is 49.6. The molecular formula is C8H9F2NO2S. The van der Waals surface area contributed by atoms with Gasteiger partial charge >= 0.3 is 0 Å². The number of hydrogen-bond donors (Lipinski definition) is 1. The molecule has 1 aromatic carbocycles. The van der Waals surface area contributed by atoms with Crippen molar-refractivity contribution >= 4 is 15.7 Å². The van der Waals surface area contributed by atoms with Gasteiger partial charge in [-0.25, -0.2) is 17.2 Å². The average Bonchev–Trinajstić information content (AvgIpc) is 2.11. The molecule has 0 radical (unpaired) electrons. The van der Waals surface area contributed by atoms with E-state index in [0.717, 1.165) is 18.2 Å². The van der Waals surface area contributed by atoms with Gasteiger partial charge in [-0.15, -0.1) is 0 Å². The summed E-state index contributed by atoms with van der Waals surface area (Å²) in [6.07, 6.45) is 0. The van der Waals surface area contributed by atoms with Crippen LogP contribution in [-0.2, 0) is 10.0 Å². The van der Waals surface area contributed by atoms with Crippen molar-refractivity contribution in [1.29, 1.82) is 0 Å². The van der Waals surface area contributed by atoms with E-state index in [4.69, 9.17) is 0 Å². The highest BCUT2D eigenvalue weighted by Gasteiger charge is 2.10. The maximum absolute atomic E-state index is 12.9. The molecule has 0 saturated carbocycles. The van der Waals surface area contributed by atoms with Crippen LogP contribution < -0.4 is 4.72 Å². The van der Waals surface area contributed by atoms with Crippen LogP contribution in [-0.4, -0.2) is 14.2 Å². The van der Waals surface area contributed by atoms with Crippen molar-refractivity contribution in [3.63, 3.8) is 0 Å². The van der Waals surface area contributed by atoms with E-state index in [0.29, 0.717) is 0 Å². The van der Waals surface area contributed by atoms with Gasteiger partial charge in [-0.2, -0.15) is 0 Å². The summed E-state index contributed by atoms with van der Waals surface area (Å²) in [6, 6.07) is 2.57. The standard InChI is InChI=1S/C8H9F2NO2S/c1-2-14(12,13)11-8-5-6(9)3-4-7(8)10/h3-5,11H,2H2,1H3. The van der Waals surface area contributed by atoms with E-state index in [2.05, 4.69) is 0 Å². The van der Waals surface area contributed by atoms with Gasteiger partial charge in [-0.05, 0) is 19.1 Å². The van der Waals surface area contributed by atoms with Crippen LogP contribution in [0.2, 0.25) is 0 Å². The zero-order chi connectivity index (χ0) is 10.8. The van der Waals surface area contributed by atoms with E-state index in [9.17, 15) is 17.2 Å². The molecule has 1 rings (SSSR count). The molecule has 0 aromatic heterocycles. The topological polar surface area (TPSA) is 46.2 Å². The third-order valence-electron chi connectivity index (χ3n) is 1.57. The van der Waals surface area contributed by atoms with Gasteiger partial charge in [-0.1, -0.05) is 0 Å². The Bertz CT molecular complexity index is 431. The zero-order valence-corrected chi connectivity index (χ0v) is 8.24. The minimum absolute atomic E-state index is 0.192. The number of anilines is 1. The Kier molecular flexibility index (Phi) is 3.05. The van der Waals surface area contributed by atoms with Crippen LogP contribution in [0.15, 0.2) is 18.2 Å². The molecule has 0 bridgehead atoms. The smallest absolute Gasteiger partial charge is 0.232 e. The molecule has 0 aliphatic heterocycles. The molecule has 0 aliphatic rings. The first-order valence-electron chi connectivity index (χ1n) is 3.90. The van der Waals surface area contributed by atoms with Crippen molar-refractivity contribution in [3.8, 4) is 0 Å². The molecule has 1 N–H and O–H groups in total. The van der Waals surface area contributed by atoms with Gasteiger partial charge < -0.3 is 0 Å². The molecule has 0 unspecified atom stereocenters. The fourth-order valence-corrected chi connectivity index (χ4v) is 1.45. The molecule has 0 atom stereocenters. The first kappa shape index (κ1) is 10.9. The highest BCUT2D eigenvalue weighted by atomic mass is 32.2. The second-order valence-corrected chi connectivity index (χ2v) is 4.64. The first-order valence-corrected chi connectivity index (χ1v) is 5.55. The number of halogens is 2. The second-order valence-electron chi connectivity index (χ2n) is 2.63. The van der Waals surface area contributed by atoms with E-state index in [-0.39, 0.29) is 11.4 Å². The molecular weight excluding hydrogens is 212 g/mol. The molecule has 14 heavy (non-hydrogen) atoms. The summed E-state index contributed by atoms with van der Waals surface area (Å²) in [7, 11) is -3.57. The predicted molar refractivity (Wildman–Crippen MR) is 49.4 cm³/mol. The van der Waals surface area contributed by atoms with E-state index >= 15 is 0 Å². The van der Waals surface area contributed by atoms with Crippen molar-refractivity contribution in [2.45, 2.75) is 6.92 Å². The lowest BCUT2D eigenvalue weighted by Crippen LogP contribution is -2.15. The van der Waals surface area contributed by atoms with Gasteiger partial charge in [0, 0.05) is 6.07 Å². The first-order chi connectivity index (χ1) is 6.44. The van der Waals surface area contributed by atoms with Gasteiger partial charge in [0.05, 0.1) is 11.4 Å². The molecule has 1 aromatic rings.